The molecule has 1 aliphatic rings. The number of fused-ring (bicyclic) bond motifs is 1. The molecule has 4 N–H and O–H groups in total. The Kier molecular flexibility index (Phi) is 5.38. The summed E-state index contributed by atoms with van der Waals surface area (Å²) in [5.41, 5.74) is 3.59. The molecule has 1 atom stereocenters. The van der Waals surface area contributed by atoms with E-state index in [2.05, 4.69) is 25.9 Å². The lowest BCUT2D eigenvalue weighted by atomic mass is 10.0. The topological polar surface area (TPSA) is 125 Å². The molecule has 160 valence electrons. The van der Waals surface area contributed by atoms with Gasteiger partial charge in [-0.2, -0.15) is 0 Å². The Bertz CT molecular complexity index is 1180. The van der Waals surface area contributed by atoms with Gasteiger partial charge in [-0.25, -0.2) is 9.07 Å². The van der Waals surface area contributed by atoms with Crippen LogP contribution in [0.5, 0.6) is 0 Å². The van der Waals surface area contributed by atoms with Crippen molar-refractivity contribution in [2.24, 2.45) is 0 Å². The molecule has 2 amide bonds. The molecule has 2 aromatic heterocycles. The minimum atomic E-state index is -0.833. The molecule has 0 radical (unpaired) electrons. The van der Waals surface area contributed by atoms with Gasteiger partial charge >= 0.3 is 0 Å². The third-order valence-electron chi connectivity index (χ3n) is 5.12. The second-order valence-corrected chi connectivity index (χ2v) is 7.35. The smallest absolute Gasteiger partial charge is 0.256 e. The van der Waals surface area contributed by atoms with Gasteiger partial charge < -0.3 is 20.7 Å². The zero-order chi connectivity index (χ0) is 22.1. The molecule has 9 nitrogen and oxygen atoms in total. The minimum Gasteiger partial charge on any atom is -0.389 e. The predicted octanol–water partition coefficient (Wildman–Crippen LogP) is 1.65. The zero-order valence-electron chi connectivity index (χ0n) is 16.9. The van der Waals surface area contributed by atoms with Gasteiger partial charge in [0.15, 0.2) is 0 Å². The molecule has 1 unspecified atom stereocenters. The number of nitrogens with zero attached hydrogens (tertiary/aromatic N) is 3. The molecule has 0 fully saturated rings. The Morgan fingerprint density at radius 3 is 2.94 bits per heavy atom. The van der Waals surface area contributed by atoms with Crippen molar-refractivity contribution in [2.75, 3.05) is 11.9 Å². The number of aliphatic hydroxyl groups is 1. The van der Waals surface area contributed by atoms with E-state index in [0.717, 1.165) is 0 Å². The fraction of sp³-hybridized carbons (Fsp3) is 0.238. The van der Waals surface area contributed by atoms with Crippen molar-refractivity contribution in [1.82, 2.24) is 25.3 Å². The van der Waals surface area contributed by atoms with E-state index in [1.165, 1.54) is 29.1 Å². The van der Waals surface area contributed by atoms with Crippen molar-refractivity contribution in [3.05, 3.63) is 64.5 Å². The Labute approximate surface area is 177 Å². The number of halogens is 1. The molecule has 31 heavy (non-hydrogen) atoms. The van der Waals surface area contributed by atoms with E-state index in [1.54, 1.807) is 26.1 Å². The number of nitrogens with one attached hydrogen (secondary N) is 3. The number of rotatable bonds is 6. The Balaban J connectivity index is 1.53. The van der Waals surface area contributed by atoms with Crippen LogP contribution in [-0.4, -0.2) is 49.5 Å². The van der Waals surface area contributed by atoms with Crippen molar-refractivity contribution in [1.29, 1.82) is 0 Å². The first-order valence-electron chi connectivity index (χ1n) is 9.66. The maximum Gasteiger partial charge on any atom is 0.256 e. The third kappa shape index (κ3) is 4.10. The van der Waals surface area contributed by atoms with Gasteiger partial charge in [-0.15, -0.1) is 5.10 Å². The van der Waals surface area contributed by atoms with Crippen molar-refractivity contribution >= 4 is 29.2 Å². The molecule has 1 aliphatic heterocycles. The highest BCUT2D eigenvalue weighted by molar-refractivity contribution is 6.34. The van der Waals surface area contributed by atoms with Crippen molar-refractivity contribution in [3.63, 3.8) is 0 Å². The highest BCUT2D eigenvalue weighted by Crippen LogP contribution is 2.34. The van der Waals surface area contributed by atoms with Gasteiger partial charge in [0.2, 0.25) is 0 Å². The minimum absolute atomic E-state index is 0.0359. The maximum atomic E-state index is 13.7. The standard InChI is InChI=1S/C21H21FN6O3/c1-11-18(8-16-15-7-13(22)3-4-17(15)26-20(16)30)25-12(2)19(11)21(31)23-9-14(29)10-28-6-5-24-27-28/h3-8,14,25,29H,9-10H2,1-2H3,(H,23,31)(H,26,30). The van der Waals surface area contributed by atoms with Gasteiger partial charge in [-0.3, -0.25) is 9.59 Å². The van der Waals surface area contributed by atoms with E-state index in [9.17, 15) is 19.1 Å². The van der Waals surface area contributed by atoms with Gasteiger partial charge in [0, 0.05) is 35.4 Å². The van der Waals surface area contributed by atoms with Gasteiger partial charge in [-0.1, -0.05) is 5.21 Å². The predicted molar refractivity (Wildman–Crippen MR) is 112 cm³/mol. The zero-order valence-corrected chi connectivity index (χ0v) is 16.9. The van der Waals surface area contributed by atoms with Crippen molar-refractivity contribution < 1.29 is 19.1 Å². The van der Waals surface area contributed by atoms with Crippen LogP contribution in [0.3, 0.4) is 0 Å². The van der Waals surface area contributed by atoms with Crippen LogP contribution in [0.4, 0.5) is 10.1 Å². The van der Waals surface area contributed by atoms with E-state index in [-0.39, 0.29) is 24.9 Å². The highest BCUT2D eigenvalue weighted by Gasteiger charge is 2.26. The summed E-state index contributed by atoms with van der Waals surface area (Å²) in [4.78, 5) is 28.2. The average Bonchev–Trinajstić information content (AvgIpc) is 3.40. The van der Waals surface area contributed by atoms with Crippen LogP contribution in [0.2, 0.25) is 0 Å². The van der Waals surface area contributed by atoms with E-state index in [4.69, 9.17) is 0 Å². The fourth-order valence-electron chi connectivity index (χ4n) is 3.62. The highest BCUT2D eigenvalue weighted by atomic mass is 19.1. The summed E-state index contributed by atoms with van der Waals surface area (Å²) < 4.78 is 15.1. The molecule has 0 saturated carbocycles. The molecular formula is C21H21FN6O3. The quantitative estimate of drug-likeness (QED) is 0.448. The number of carbonyl (C=O) groups is 2. The molecule has 3 heterocycles. The first-order chi connectivity index (χ1) is 14.8. The van der Waals surface area contributed by atoms with Crippen LogP contribution in [0.25, 0.3) is 11.6 Å². The van der Waals surface area contributed by atoms with Crippen LogP contribution in [0, 0.1) is 19.7 Å². The molecule has 0 spiro atoms. The number of hydrogen-bond acceptors (Lipinski definition) is 5. The largest absolute Gasteiger partial charge is 0.389 e. The fourth-order valence-corrected chi connectivity index (χ4v) is 3.62. The second kappa shape index (κ2) is 8.15. The molecule has 1 aromatic carbocycles. The monoisotopic (exact) mass is 424 g/mol. The number of carbonyl (C=O) groups excluding carboxylic acids is 2. The number of amides is 2. The lowest BCUT2D eigenvalue weighted by molar-refractivity contribution is -0.110. The SMILES string of the molecule is Cc1[nH]c(C=C2C(=O)Nc3ccc(F)cc32)c(C)c1C(=O)NCC(O)Cn1ccnn1. The molecule has 3 aromatic rings. The van der Waals surface area contributed by atoms with Crippen molar-refractivity contribution in [3.8, 4) is 0 Å². The van der Waals surface area contributed by atoms with Gasteiger partial charge in [0.1, 0.15) is 5.82 Å². The number of anilines is 1. The molecule has 0 saturated heterocycles. The molecular weight excluding hydrogens is 403 g/mol. The Morgan fingerprint density at radius 2 is 2.19 bits per heavy atom. The van der Waals surface area contributed by atoms with E-state index >= 15 is 0 Å². The van der Waals surface area contributed by atoms with Crippen LogP contribution >= 0.6 is 0 Å². The summed E-state index contributed by atoms with van der Waals surface area (Å²) in [6.45, 7) is 3.75. The normalized spacial score (nSPS) is 15.1. The van der Waals surface area contributed by atoms with Crippen LogP contribution in [-0.2, 0) is 11.3 Å². The number of aromatic amines is 1. The first-order valence-corrected chi connectivity index (χ1v) is 9.66. The molecule has 4 rings (SSSR count). The maximum absolute atomic E-state index is 13.7. The summed E-state index contributed by atoms with van der Waals surface area (Å²) in [7, 11) is 0. The number of aliphatic hydroxyl groups excluding tert-OH is 1. The van der Waals surface area contributed by atoms with Crippen LogP contribution in [0.1, 0.15) is 32.9 Å². The van der Waals surface area contributed by atoms with Crippen LogP contribution in [0.15, 0.2) is 30.6 Å². The van der Waals surface area contributed by atoms with E-state index < -0.39 is 11.9 Å². The summed E-state index contributed by atoms with van der Waals surface area (Å²) in [5, 5.41) is 23.0. The summed E-state index contributed by atoms with van der Waals surface area (Å²) >= 11 is 0. The number of aryl methyl sites for hydroxylation is 1. The summed E-state index contributed by atoms with van der Waals surface area (Å²) in [6.07, 6.45) is 3.90. The molecule has 0 aliphatic carbocycles. The van der Waals surface area contributed by atoms with E-state index in [1.807, 2.05) is 0 Å². The summed E-state index contributed by atoms with van der Waals surface area (Å²) in [6, 6.07) is 4.10. The number of aromatic nitrogens is 4. The summed E-state index contributed by atoms with van der Waals surface area (Å²) in [5.74, 6) is -1.13. The van der Waals surface area contributed by atoms with Gasteiger partial charge in [-0.05, 0) is 43.7 Å². The Morgan fingerprint density at radius 1 is 1.39 bits per heavy atom. The second-order valence-electron chi connectivity index (χ2n) is 7.35. The average molecular weight is 424 g/mol. The van der Waals surface area contributed by atoms with E-state index in [0.29, 0.717) is 39.3 Å². The molecule has 0 bridgehead atoms. The van der Waals surface area contributed by atoms with Crippen molar-refractivity contribution in [2.45, 2.75) is 26.5 Å². The van der Waals surface area contributed by atoms with Gasteiger partial charge in [0.25, 0.3) is 11.8 Å². The third-order valence-corrected chi connectivity index (χ3v) is 5.12. The first kappa shape index (κ1) is 20.5. The Hall–Kier alpha value is -3.79. The number of benzene rings is 1. The van der Waals surface area contributed by atoms with Crippen LogP contribution < -0.4 is 10.6 Å². The lowest BCUT2D eigenvalue weighted by Gasteiger charge is -2.12. The number of H-pyrrole nitrogens is 1. The lowest BCUT2D eigenvalue weighted by Crippen LogP contribution is -2.35. The number of hydrogen-bond donors (Lipinski definition) is 4. The molecule has 10 heteroatoms. The van der Waals surface area contributed by atoms with Gasteiger partial charge in [0.05, 0.1) is 30.0 Å².